The van der Waals surface area contributed by atoms with Gasteiger partial charge in [0, 0.05) is 39.3 Å². The van der Waals surface area contributed by atoms with Crippen LogP contribution in [0.3, 0.4) is 0 Å². The number of halogens is 1. The second-order valence-corrected chi connectivity index (χ2v) is 7.53. The molecule has 1 aromatic rings. The molecular formula is C18H33IN4OS. The van der Waals surface area contributed by atoms with Crippen LogP contribution in [0.4, 0.5) is 0 Å². The third-order valence-electron chi connectivity index (χ3n) is 4.67. The lowest BCUT2D eigenvalue weighted by atomic mass is 10.0. The molecule has 0 saturated carbocycles. The Morgan fingerprint density at radius 1 is 1.24 bits per heavy atom. The number of morpholine rings is 1. The van der Waals surface area contributed by atoms with Crippen molar-refractivity contribution < 1.29 is 4.74 Å². The van der Waals surface area contributed by atoms with Gasteiger partial charge in [-0.2, -0.15) is 11.3 Å². The topological polar surface area (TPSA) is 48.9 Å². The highest BCUT2D eigenvalue weighted by atomic mass is 127. The molecule has 2 rings (SSSR count). The number of thiophene rings is 1. The Balaban J connectivity index is 0.00000312. The van der Waals surface area contributed by atoms with Gasteiger partial charge in [0.05, 0.1) is 13.2 Å². The van der Waals surface area contributed by atoms with Crippen LogP contribution in [0, 0.1) is 5.92 Å². The molecule has 0 spiro atoms. The van der Waals surface area contributed by atoms with E-state index in [0.717, 1.165) is 45.4 Å². The van der Waals surface area contributed by atoms with Gasteiger partial charge < -0.3 is 15.4 Å². The second kappa shape index (κ2) is 12.1. The summed E-state index contributed by atoms with van der Waals surface area (Å²) >= 11 is 1.75. The summed E-state index contributed by atoms with van der Waals surface area (Å²) in [7, 11) is 1.84. The molecule has 1 saturated heterocycles. The molecule has 2 unspecified atom stereocenters. The molecule has 1 aliphatic rings. The molecule has 25 heavy (non-hydrogen) atoms. The van der Waals surface area contributed by atoms with E-state index in [1.54, 1.807) is 11.3 Å². The van der Waals surface area contributed by atoms with Crippen LogP contribution < -0.4 is 10.6 Å². The van der Waals surface area contributed by atoms with Crippen LogP contribution in [-0.4, -0.2) is 63.3 Å². The second-order valence-electron chi connectivity index (χ2n) is 6.75. The largest absolute Gasteiger partial charge is 0.379 e. The standard InChI is InChI=1S/C18H32N4OS.HI/c1-14(2)17(22-6-8-23-9-7-22)12-21-18(19-4)20-11-15(3)16-5-10-24-13-16;/h5,10,13-15,17H,6-9,11-12H2,1-4H3,(H2,19,20,21);1H. The molecule has 2 heterocycles. The fraction of sp³-hybridized carbons (Fsp3) is 0.722. The molecule has 5 nitrogen and oxygen atoms in total. The van der Waals surface area contributed by atoms with Gasteiger partial charge in [-0.15, -0.1) is 24.0 Å². The molecule has 1 aromatic heterocycles. The molecule has 0 aliphatic carbocycles. The van der Waals surface area contributed by atoms with Crippen LogP contribution in [0.1, 0.15) is 32.3 Å². The van der Waals surface area contributed by atoms with Crippen molar-refractivity contribution in [2.45, 2.75) is 32.7 Å². The maximum absolute atomic E-state index is 5.48. The summed E-state index contributed by atoms with van der Waals surface area (Å²) in [5, 5.41) is 11.3. The molecule has 0 bridgehead atoms. The molecule has 144 valence electrons. The number of nitrogens with one attached hydrogen (secondary N) is 2. The van der Waals surface area contributed by atoms with E-state index in [0.29, 0.717) is 17.9 Å². The van der Waals surface area contributed by atoms with Gasteiger partial charge in [0.25, 0.3) is 0 Å². The highest BCUT2D eigenvalue weighted by Crippen LogP contribution is 2.17. The first-order chi connectivity index (χ1) is 11.6. The molecule has 2 N–H and O–H groups in total. The van der Waals surface area contributed by atoms with E-state index in [1.807, 2.05) is 7.05 Å². The lowest BCUT2D eigenvalue weighted by Crippen LogP contribution is -2.52. The van der Waals surface area contributed by atoms with Crippen molar-refractivity contribution in [1.82, 2.24) is 15.5 Å². The Bertz CT molecular complexity index is 489. The Kier molecular flexibility index (Phi) is 11.0. The Labute approximate surface area is 173 Å². The maximum Gasteiger partial charge on any atom is 0.191 e. The number of hydrogen-bond donors (Lipinski definition) is 2. The van der Waals surface area contributed by atoms with Gasteiger partial charge in [-0.3, -0.25) is 9.89 Å². The van der Waals surface area contributed by atoms with Gasteiger partial charge in [-0.25, -0.2) is 0 Å². The average molecular weight is 480 g/mol. The normalized spacial score (nSPS) is 18.5. The molecular weight excluding hydrogens is 447 g/mol. The van der Waals surface area contributed by atoms with Gasteiger partial charge in [0.1, 0.15) is 0 Å². The minimum atomic E-state index is 0. The predicted molar refractivity (Wildman–Crippen MR) is 119 cm³/mol. The molecule has 0 amide bonds. The summed E-state index contributed by atoms with van der Waals surface area (Å²) in [5.41, 5.74) is 1.39. The van der Waals surface area contributed by atoms with Gasteiger partial charge >= 0.3 is 0 Å². The van der Waals surface area contributed by atoms with E-state index in [1.165, 1.54) is 5.56 Å². The zero-order valence-electron chi connectivity index (χ0n) is 15.8. The lowest BCUT2D eigenvalue weighted by molar-refractivity contribution is 0.00752. The van der Waals surface area contributed by atoms with E-state index in [2.05, 4.69) is 58.1 Å². The maximum atomic E-state index is 5.48. The third kappa shape index (κ3) is 7.40. The smallest absolute Gasteiger partial charge is 0.191 e. The Morgan fingerprint density at radius 2 is 1.92 bits per heavy atom. The quantitative estimate of drug-likeness (QED) is 0.358. The Morgan fingerprint density at radius 3 is 2.48 bits per heavy atom. The van der Waals surface area contributed by atoms with Crippen LogP contribution in [0.5, 0.6) is 0 Å². The molecule has 1 fully saturated rings. The highest BCUT2D eigenvalue weighted by molar-refractivity contribution is 14.0. The van der Waals surface area contributed by atoms with Crippen molar-refractivity contribution in [2.75, 3.05) is 46.4 Å². The lowest BCUT2D eigenvalue weighted by Gasteiger charge is -2.37. The van der Waals surface area contributed by atoms with E-state index in [4.69, 9.17) is 4.74 Å². The van der Waals surface area contributed by atoms with E-state index < -0.39 is 0 Å². The summed E-state index contributed by atoms with van der Waals surface area (Å²) in [4.78, 5) is 6.90. The molecule has 0 radical (unpaired) electrons. The number of ether oxygens (including phenoxy) is 1. The van der Waals surface area contributed by atoms with Crippen molar-refractivity contribution in [2.24, 2.45) is 10.9 Å². The van der Waals surface area contributed by atoms with E-state index >= 15 is 0 Å². The number of aliphatic imine (C=N–C) groups is 1. The van der Waals surface area contributed by atoms with Gasteiger partial charge in [0.15, 0.2) is 5.96 Å². The fourth-order valence-electron chi connectivity index (χ4n) is 3.04. The first-order valence-corrected chi connectivity index (χ1v) is 9.84. The van der Waals surface area contributed by atoms with Crippen molar-refractivity contribution >= 4 is 41.3 Å². The molecule has 7 heteroatoms. The highest BCUT2D eigenvalue weighted by Gasteiger charge is 2.23. The van der Waals surface area contributed by atoms with Crippen LogP contribution in [0.2, 0.25) is 0 Å². The van der Waals surface area contributed by atoms with Gasteiger partial charge in [0.2, 0.25) is 0 Å². The number of hydrogen-bond acceptors (Lipinski definition) is 4. The minimum Gasteiger partial charge on any atom is -0.379 e. The number of nitrogens with zero attached hydrogens (tertiary/aromatic N) is 2. The van der Waals surface area contributed by atoms with E-state index in [9.17, 15) is 0 Å². The van der Waals surface area contributed by atoms with Crippen molar-refractivity contribution in [1.29, 1.82) is 0 Å². The van der Waals surface area contributed by atoms with E-state index in [-0.39, 0.29) is 24.0 Å². The molecule has 2 atom stereocenters. The SMILES string of the molecule is CN=C(NCC(C)c1ccsc1)NCC(C(C)C)N1CCOCC1.I. The first kappa shape index (κ1) is 22.7. The zero-order valence-corrected chi connectivity index (χ0v) is 19.0. The van der Waals surface area contributed by atoms with Crippen LogP contribution in [-0.2, 0) is 4.74 Å². The van der Waals surface area contributed by atoms with Gasteiger partial charge in [-0.1, -0.05) is 20.8 Å². The average Bonchev–Trinajstić information content (AvgIpc) is 3.13. The molecule has 1 aliphatic heterocycles. The van der Waals surface area contributed by atoms with Crippen molar-refractivity contribution in [3.63, 3.8) is 0 Å². The van der Waals surface area contributed by atoms with Crippen molar-refractivity contribution in [3.8, 4) is 0 Å². The molecule has 0 aromatic carbocycles. The first-order valence-electron chi connectivity index (χ1n) is 8.90. The fourth-order valence-corrected chi connectivity index (χ4v) is 3.82. The predicted octanol–water partition coefficient (Wildman–Crippen LogP) is 2.99. The third-order valence-corrected chi connectivity index (χ3v) is 5.38. The summed E-state index contributed by atoms with van der Waals surface area (Å²) in [6.45, 7) is 12.3. The summed E-state index contributed by atoms with van der Waals surface area (Å²) in [5.74, 6) is 1.96. The van der Waals surface area contributed by atoms with Gasteiger partial charge in [-0.05, 0) is 34.2 Å². The van der Waals surface area contributed by atoms with Crippen molar-refractivity contribution in [3.05, 3.63) is 22.4 Å². The minimum absolute atomic E-state index is 0. The number of rotatable bonds is 7. The Hall–Kier alpha value is -0.380. The van der Waals surface area contributed by atoms with Crippen LogP contribution in [0.15, 0.2) is 21.8 Å². The summed E-state index contributed by atoms with van der Waals surface area (Å²) in [6.07, 6.45) is 0. The summed E-state index contributed by atoms with van der Waals surface area (Å²) in [6, 6.07) is 2.70. The monoisotopic (exact) mass is 480 g/mol. The van der Waals surface area contributed by atoms with Crippen LogP contribution in [0.25, 0.3) is 0 Å². The zero-order chi connectivity index (χ0) is 17.4. The number of guanidine groups is 1. The van der Waals surface area contributed by atoms with Crippen LogP contribution >= 0.6 is 35.3 Å². The summed E-state index contributed by atoms with van der Waals surface area (Å²) < 4.78 is 5.48.